The van der Waals surface area contributed by atoms with Crippen LogP contribution >= 0.6 is 0 Å². The highest BCUT2D eigenvalue weighted by Gasteiger charge is 2.15. The number of nitrogens with zero attached hydrogens (tertiary/aromatic N) is 2. The molecule has 1 aromatic heterocycles. The number of anilines is 2. The minimum absolute atomic E-state index is 0.00469. The van der Waals surface area contributed by atoms with Gasteiger partial charge in [-0.2, -0.15) is 5.10 Å². The zero-order chi connectivity index (χ0) is 15.6. The molecule has 2 N–H and O–H groups in total. The van der Waals surface area contributed by atoms with Crippen molar-refractivity contribution >= 4 is 17.5 Å². The van der Waals surface area contributed by atoms with Crippen molar-refractivity contribution in [3.05, 3.63) is 41.3 Å². The van der Waals surface area contributed by atoms with E-state index in [0.717, 1.165) is 10.7 Å². The number of benzene rings is 1. The van der Waals surface area contributed by atoms with Crippen LogP contribution in [0, 0.1) is 12.7 Å². The molecule has 0 aliphatic rings. The van der Waals surface area contributed by atoms with Crippen LogP contribution in [-0.4, -0.2) is 15.8 Å². The second-order valence-electron chi connectivity index (χ2n) is 4.42. The number of rotatable bonds is 3. The van der Waals surface area contributed by atoms with E-state index < -0.39 is 18.3 Å². The first kappa shape index (κ1) is 14.9. The Morgan fingerprint density at radius 1 is 1.29 bits per heavy atom. The molecule has 0 aliphatic heterocycles. The van der Waals surface area contributed by atoms with E-state index in [1.807, 2.05) is 0 Å². The van der Waals surface area contributed by atoms with Gasteiger partial charge in [-0.05, 0) is 30.7 Å². The van der Waals surface area contributed by atoms with Gasteiger partial charge in [0.25, 0.3) is 6.43 Å². The molecule has 1 aromatic carbocycles. The van der Waals surface area contributed by atoms with Gasteiger partial charge in [-0.15, -0.1) is 0 Å². The van der Waals surface area contributed by atoms with E-state index in [1.165, 1.54) is 25.2 Å². The van der Waals surface area contributed by atoms with Crippen LogP contribution in [0.5, 0.6) is 0 Å². The molecule has 21 heavy (non-hydrogen) atoms. The highest BCUT2D eigenvalue weighted by Crippen LogP contribution is 2.21. The largest absolute Gasteiger partial charge is 0.324 e. The third kappa shape index (κ3) is 3.53. The zero-order valence-electron chi connectivity index (χ0n) is 11.3. The fourth-order valence-corrected chi connectivity index (χ4v) is 1.78. The van der Waals surface area contributed by atoms with Crippen molar-refractivity contribution in [2.45, 2.75) is 13.3 Å². The number of carbonyl (C=O) groups is 1. The molecule has 0 fully saturated rings. The Balaban J connectivity index is 2.06. The summed E-state index contributed by atoms with van der Waals surface area (Å²) in [6.45, 7) is 1.63. The molecule has 112 valence electrons. The number of nitrogens with one attached hydrogen (secondary N) is 2. The fourth-order valence-electron chi connectivity index (χ4n) is 1.78. The predicted octanol–water partition coefficient (Wildman–Crippen LogP) is 3.45. The molecule has 2 amide bonds. The number of amides is 2. The molecule has 0 spiro atoms. The predicted molar refractivity (Wildman–Crippen MR) is 71.9 cm³/mol. The minimum atomic E-state index is -2.68. The lowest BCUT2D eigenvalue weighted by atomic mass is 10.2. The molecule has 1 heterocycles. The third-order valence-electron chi connectivity index (χ3n) is 2.82. The highest BCUT2D eigenvalue weighted by molar-refractivity contribution is 5.99. The lowest BCUT2D eigenvalue weighted by Gasteiger charge is -2.08. The summed E-state index contributed by atoms with van der Waals surface area (Å²) in [7, 11) is 1.36. The number of carbonyl (C=O) groups excluding carboxylic acids is 1. The Hall–Kier alpha value is -2.51. The average molecular weight is 298 g/mol. The molecule has 0 unspecified atom stereocenters. The van der Waals surface area contributed by atoms with Gasteiger partial charge < -0.3 is 5.32 Å². The van der Waals surface area contributed by atoms with E-state index >= 15 is 0 Å². The molecule has 0 saturated heterocycles. The summed E-state index contributed by atoms with van der Waals surface area (Å²) in [5.74, 6) is -0.408. The number of hydrogen-bond donors (Lipinski definition) is 2. The molecular formula is C13H13F3N4O. The van der Waals surface area contributed by atoms with E-state index in [0.29, 0.717) is 11.3 Å². The maximum Gasteiger partial charge on any atom is 0.324 e. The summed E-state index contributed by atoms with van der Waals surface area (Å²) in [6.07, 6.45) is -2.68. The Morgan fingerprint density at radius 3 is 2.57 bits per heavy atom. The number of halogens is 3. The molecule has 0 aliphatic carbocycles. The van der Waals surface area contributed by atoms with Crippen LogP contribution in [0.25, 0.3) is 0 Å². The summed E-state index contributed by atoms with van der Waals surface area (Å²) in [6, 6.07) is 4.32. The Bertz CT molecular complexity index is 669. The Morgan fingerprint density at radius 2 is 2.00 bits per heavy atom. The molecule has 0 radical (unpaired) electrons. The normalized spacial score (nSPS) is 10.8. The van der Waals surface area contributed by atoms with Gasteiger partial charge in [-0.3, -0.25) is 10.00 Å². The van der Waals surface area contributed by atoms with Crippen molar-refractivity contribution in [3.8, 4) is 0 Å². The molecule has 0 saturated carbocycles. The van der Waals surface area contributed by atoms with Crippen LogP contribution in [0.15, 0.2) is 24.3 Å². The van der Waals surface area contributed by atoms with Crippen molar-refractivity contribution in [1.29, 1.82) is 0 Å². The molecule has 2 rings (SSSR count). The van der Waals surface area contributed by atoms with Gasteiger partial charge in [0.05, 0.1) is 0 Å². The number of hydrogen-bond acceptors (Lipinski definition) is 2. The second-order valence-corrected chi connectivity index (χ2v) is 4.42. The highest BCUT2D eigenvalue weighted by atomic mass is 19.3. The van der Waals surface area contributed by atoms with E-state index in [4.69, 9.17) is 0 Å². The van der Waals surface area contributed by atoms with Gasteiger partial charge in [-0.25, -0.2) is 18.0 Å². The monoisotopic (exact) mass is 298 g/mol. The van der Waals surface area contributed by atoms with Gasteiger partial charge in [-0.1, -0.05) is 0 Å². The first-order chi connectivity index (χ1) is 9.86. The summed E-state index contributed by atoms with van der Waals surface area (Å²) in [5.41, 5.74) is 0.654. The van der Waals surface area contributed by atoms with Gasteiger partial charge in [0.1, 0.15) is 11.5 Å². The van der Waals surface area contributed by atoms with Gasteiger partial charge >= 0.3 is 6.03 Å². The van der Waals surface area contributed by atoms with Crippen LogP contribution in [0.2, 0.25) is 0 Å². The van der Waals surface area contributed by atoms with Gasteiger partial charge in [0, 0.05) is 18.8 Å². The third-order valence-corrected chi connectivity index (χ3v) is 2.82. The van der Waals surface area contributed by atoms with Crippen LogP contribution in [0.1, 0.15) is 17.7 Å². The quantitative estimate of drug-likeness (QED) is 0.911. The van der Waals surface area contributed by atoms with E-state index in [1.54, 1.807) is 6.92 Å². The van der Waals surface area contributed by atoms with E-state index in [-0.39, 0.29) is 11.5 Å². The standard InChI is InChI=1S/C13H13F3N4O/c1-7-5-8(14)3-4-9(7)17-13(21)18-11-6-10(12(15)16)20(2)19-11/h3-6,12H,1-2H3,(H2,17,18,19,21). The van der Waals surface area contributed by atoms with Crippen LogP contribution in [-0.2, 0) is 7.05 Å². The molecule has 2 aromatic rings. The minimum Gasteiger partial charge on any atom is -0.307 e. The van der Waals surface area contributed by atoms with E-state index in [2.05, 4.69) is 15.7 Å². The molecule has 5 nitrogen and oxygen atoms in total. The number of aryl methyl sites for hydroxylation is 2. The first-order valence-corrected chi connectivity index (χ1v) is 6.03. The van der Waals surface area contributed by atoms with Crippen LogP contribution in [0.4, 0.5) is 29.5 Å². The molecule has 0 atom stereocenters. The van der Waals surface area contributed by atoms with E-state index in [9.17, 15) is 18.0 Å². The van der Waals surface area contributed by atoms with Gasteiger partial charge in [0.2, 0.25) is 0 Å². The topological polar surface area (TPSA) is 59.0 Å². The second kappa shape index (κ2) is 5.86. The zero-order valence-corrected chi connectivity index (χ0v) is 11.3. The van der Waals surface area contributed by atoms with Crippen LogP contribution in [0.3, 0.4) is 0 Å². The number of alkyl halides is 2. The van der Waals surface area contributed by atoms with Crippen molar-refractivity contribution in [3.63, 3.8) is 0 Å². The smallest absolute Gasteiger partial charge is 0.307 e. The van der Waals surface area contributed by atoms with Crippen LogP contribution < -0.4 is 10.6 Å². The molecule has 0 bridgehead atoms. The Kier molecular flexibility index (Phi) is 4.15. The maximum absolute atomic E-state index is 12.9. The molecule has 8 heteroatoms. The lowest BCUT2D eigenvalue weighted by Crippen LogP contribution is -2.20. The van der Waals surface area contributed by atoms with Crippen molar-refractivity contribution < 1.29 is 18.0 Å². The summed E-state index contributed by atoms with van der Waals surface area (Å²) < 4.78 is 39.1. The number of urea groups is 1. The lowest BCUT2D eigenvalue weighted by molar-refractivity contribution is 0.141. The average Bonchev–Trinajstić information content (AvgIpc) is 2.74. The number of aromatic nitrogens is 2. The Labute approximate surface area is 118 Å². The summed E-state index contributed by atoms with van der Waals surface area (Å²) in [4.78, 5) is 11.8. The first-order valence-electron chi connectivity index (χ1n) is 6.03. The SMILES string of the molecule is Cc1cc(F)ccc1NC(=O)Nc1cc(C(F)F)n(C)n1. The fraction of sp³-hybridized carbons (Fsp3) is 0.231. The summed E-state index contributed by atoms with van der Waals surface area (Å²) in [5, 5.41) is 8.58. The maximum atomic E-state index is 12.9. The van der Waals surface area contributed by atoms with Crippen molar-refractivity contribution in [1.82, 2.24) is 9.78 Å². The van der Waals surface area contributed by atoms with Crippen molar-refractivity contribution in [2.75, 3.05) is 10.6 Å². The summed E-state index contributed by atoms with van der Waals surface area (Å²) >= 11 is 0. The molecular weight excluding hydrogens is 285 g/mol. The van der Waals surface area contributed by atoms with Gasteiger partial charge in [0.15, 0.2) is 5.82 Å². The van der Waals surface area contributed by atoms with Crippen molar-refractivity contribution in [2.24, 2.45) is 7.05 Å².